The van der Waals surface area contributed by atoms with Crippen LogP contribution in [0.5, 0.6) is 0 Å². The van der Waals surface area contributed by atoms with Gasteiger partial charge in [-0.25, -0.2) is 8.42 Å². The fourth-order valence-electron chi connectivity index (χ4n) is 3.25. The highest BCUT2D eigenvalue weighted by Gasteiger charge is 2.30. The van der Waals surface area contributed by atoms with Crippen molar-refractivity contribution in [2.45, 2.75) is 35.8 Å². The van der Waals surface area contributed by atoms with Crippen LogP contribution in [0, 0.1) is 0 Å². The fourth-order valence-corrected chi connectivity index (χ4v) is 5.10. The summed E-state index contributed by atoms with van der Waals surface area (Å²) >= 11 is 0. The summed E-state index contributed by atoms with van der Waals surface area (Å²) < 4.78 is 25.2. The molecule has 0 atom stereocenters. The van der Waals surface area contributed by atoms with Crippen molar-refractivity contribution in [2.75, 3.05) is 24.3 Å². The van der Waals surface area contributed by atoms with Gasteiger partial charge < -0.3 is 10.2 Å². The second-order valence-electron chi connectivity index (χ2n) is 6.87. The molecule has 2 aromatic rings. The maximum absolute atomic E-state index is 12.6. The van der Waals surface area contributed by atoms with Gasteiger partial charge in [-0.05, 0) is 55.3 Å². The molecule has 0 bridgehead atoms. The number of amides is 1. The van der Waals surface area contributed by atoms with Gasteiger partial charge in [0.15, 0.2) is 9.84 Å². The van der Waals surface area contributed by atoms with Gasteiger partial charge in [-0.15, -0.1) is 0 Å². The minimum atomic E-state index is -3.27. The highest BCUT2D eigenvalue weighted by Crippen LogP contribution is 2.30. The van der Waals surface area contributed by atoms with Crippen LogP contribution in [-0.4, -0.2) is 33.7 Å². The molecule has 0 unspecified atom stereocenters. The lowest BCUT2D eigenvalue weighted by molar-refractivity contribution is 0.102. The maximum Gasteiger partial charge on any atom is 0.255 e. The number of rotatable bonds is 5. The van der Waals surface area contributed by atoms with Crippen molar-refractivity contribution in [3.8, 4) is 0 Å². The lowest BCUT2D eigenvalue weighted by Gasteiger charge is -2.14. The number of hydrogen-bond donors (Lipinski definition) is 1. The minimum Gasteiger partial charge on any atom is -0.378 e. The lowest BCUT2D eigenvalue weighted by Crippen LogP contribution is -2.18. The largest absolute Gasteiger partial charge is 0.378 e. The number of carbonyl (C=O) groups excluding carboxylic acids is 1. The van der Waals surface area contributed by atoms with E-state index in [1.54, 1.807) is 30.3 Å². The molecule has 0 radical (unpaired) electrons. The molecule has 1 saturated carbocycles. The molecule has 1 fully saturated rings. The van der Waals surface area contributed by atoms with E-state index in [0.29, 0.717) is 16.1 Å². The summed E-state index contributed by atoms with van der Waals surface area (Å²) in [5.74, 6) is -0.222. The van der Waals surface area contributed by atoms with E-state index in [-0.39, 0.29) is 11.2 Å². The van der Waals surface area contributed by atoms with Crippen LogP contribution >= 0.6 is 0 Å². The number of hydrogen-bond acceptors (Lipinski definition) is 4. The Hall–Kier alpha value is -2.34. The van der Waals surface area contributed by atoms with Gasteiger partial charge >= 0.3 is 0 Å². The third-order valence-corrected chi connectivity index (χ3v) is 7.08. The Morgan fingerprint density at radius 1 is 1.04 bits per heavy atom. The zero-order chi connectivity index (χ0) is 18.7. The van der Waals surface area contributed by atoms with Gasteiger partial charge in [0, 0.05) is 31.0 Å². The predicted octanol–water partition coefficient (Wildman–Crippen LogP) is 3.72. The molecule has 0 heterocycles. The molecular weight excluding hydrogens is 348 g/mol. The second-order valence-corrected chi connectivity index (χ2v) is 9.10. The Morgan fingerprint density at radius 3 is 2.31 bits per heavy atom. The molecule has 26 heavy (non-hydrogen) atoms. The SMILES string of the molecule is CN(C)c1cccc(C(=O)Nc2ccc(S(=O)(=O)C3CCCC3)cc2)c1. The van der Waals surface area contributed by atoms with E-state index in [9.17, 15) is 13.2 Å². The second kappa shape index (κ2) is 7.50. The first-order valence-electron chi connectivity index (χ1n) is 8.80. The van der Waals surface area contributed by atoms with E-state index in [1.807, 2.05) is 37.2 Å². The zero-order valence-electron chi connectivity index (χ0n) is 15.1. The Morgan fingerprint density at radius 2 is 1.69 bits per heavy atom. The molecule has 0 saturated heterocycles. The standard InChI is InChI=1S/C20H24N2O3S/c1-22(2)17-7-5-6-15(14-17)20(23)21-16-10-12-19(13-11-16)26(24,25)18-8-3-4-9-18/h5-7,10-14,18H,3-4,8-9H2,1-2H3,(H,21,23). The normalized spacial score (nSPS) is 15.0. The van der Waals surface area contributed by atoms with Crippen LogP contribution in [-0.2, 0) is 9.84 Å². The van der Waals surface area contributed by atoms with Crippen molar-refractivity contribution in [1.82, 2.24) is 0 Å². The van der Waals surface area contributed by atoms with E-state index in [2.05, 4.69) is 5.32 Å². The number of sulfone groups is 1. The van der Waals surface area contributed by atoms with Crippen LogP contribution in [0.25, 0.3) is 0 Å². The summed E-state index contributed by atoms with van der Waals surface area (Å²) in [5.41, 5.74) is 2.07. The number of nitrogens with zero attached hydrogens (tertiary/aromatic N) is 1. The summed E-state index contributed by atoms with van der Waals surface area (Å²) in [5, 5.41) is 2.55. The van der Waals surface area contributed by atoms with Gasteiger partial charge in [0.1, 0.15) is 0 Å². The van der Waals surface area contributed by atoms with E-state index < -0.39 is 9.84 Å². The van der Waals surface area contributed by atoms with Gasteiger partial charge in [0.05, 0.1) is 10.1 Å². The molecule has 1 aliphatic rings. The summed E-state index contributed by atoms with van der Waals surface area (Å²) in [7, 11) is 0.565. The molecule has 138 valence electrons. The Kier molecular flexibility index (Phi) is 5.32. The molecule has 1 amide bonds. The van der Waals surface area contributed by atoms with Crippen LogP contribution < -0.4 is 10.2 Å². The van der Waals surface area contributed by atoms with Crippen molar-refractivity contribution in [2.24, 2.45) is 0 Å². The molecule has 0 aliphatic heterocycles. The highest BCUT2D eigenvalue weighted by molar-refractivity contribution is 7.92. The monoisotopic (exact) mass is 372 g/mol. The van der Waals surface area contributed by atoms with Crippen LogP contribution in [0.2, 0.25) is 0 Å². The minimum absolute atomic E-state index is 0.222. The summed E-state index contributed by atoms with van der Waals surface area (Å²) in [4.78, 5) is 14.7. The maximum atomic E-state index is 12.6. The van der Waals surface area contributed by atoms with E-state index >= 15 is 0 Å². The lowest BCUT2D eigenvalue weighted by atomic mass is 10.1. The van der Waals surface area contributed by atoms with Crippen molar-refractivity contribution in [3.63, 3.8) is 0 Å². The number of nitrogens with one attached hydrogen (secondary N) is 1. The molecular formula is C20H24N2O3S. The molecule has 2 aromatic carbocycles. The number of benzene rings is 2. The molecule has 0 spiro atoms. The van der Waals surface area contributed by atoms with Crippen LogP contribution in [0.1, 0.15) is 36.0 Å². The Bertz CT molecular complexity index is 884. The first-order valence-corrected chi connectivity index (χ1v) is 10.4. The molecule has 1 aliphatic carbocycles. The number of carbonyl (C=O) groups is 1. The Labute approximate surface area is 154 Å². The van der Waals surface area contributed by atoms with E-state index in [1.165, 1.54) is 0 Å². The molecule has 6 heteroatoms. The van der Waals surface area contributed by atoms with Gasteiger partial charge in [-0.1, -0.05) is 18.9 Å². The number of anilines is 2. The van der Waals surface area contributed by atoms with Gasteiger partial charge in [0.2, 0.25) is 0 Å². The highest BCUT2D eigenvalue weighted by atomic mass is 32.2. The average molecular weight is 372 g/mol. The van der Waals surface area contributed by atoms with Crippen molar-refractivity contribution < 1.29 is 13.2 Å². The van der Waals surface area contributed by atoms with Crippen molar-refractivity contribution >= 4 is 27.1 Å². The van der Waals surface area contributed by atoms with Gasteiger partial charge in [-0.2, -0.15) is 0 Å². The fraction of sp³-hybridized carbons (Fsp3) is 0.350. The summed E-state index contributed by atoms with van der Waals surface area (Å²) in [6, 6.07) is 13.8. The van der Waals surface area contributed by atoms with E-state index in [4.69, 9.17) is 0 Å². The summed E-state index contributed by atoms with van der Waals surface area (Å²) in [6.07, 6.45) is 3.43. The van der Waals surface area contributed by atoms with E-state index in [0.717, 1.165) is 31.4 Å². The molecule has 5 nitrogen and oxygen atoms in total. The Balaban J connectivity index is 1.73. The topological polar surface area (TPSA) is 66.5 Å². The first-order chi connectivity index (χ1) is 12.4. The average Bonchev–Trinajstić information content (AvgIpc) is 3.18. The zero-order valence-corrected chi connectivity index (χ0v) is 15.9. The van der Waals surface area contributed by atoms with Crippen molar-refractivity contribution in [1.29, 1.82) is 0 Å². The molecule has 1 N–H and O–H groups in total. The van der Waals surface area contributed by atoms with Crippen LogP contribution in [0.15, 0.2) is 53.4 Å². The van der Waals surface area contributed by atoms with Crippen LogP contribution in [0.4, 0.5) is 11.4 Å². The van der Waals surface area contributed by atoms with Gasteiger partial charge in [0.25, 0.3) is 5.91 Å². The third-order valence-electron chi connectivity index (χ3n) is 4.81. The summed E-state index contributed by atoms with van der Waals surface area (Å²) in [6.45, 7) is 0. The first kappa shape index (κ1) is 18.5. The molecule has 3 rings (SSSR count). The van der Waals surface area contributed by atoms with Gasteiger partial charge in [-0.3, -0.25) is 4.79 Å². The predicted molar refractivity (Wildman–Crippen MR) is 105 cm³/mol. The smallest absolute Gasteiger partial charge is 0.255 e. The van der Waals surface area contributed by atoms with Crippen molar-refractivity contribution in [3.05, 3.63) is 54.1 Å². The van der Waals surface area contributed by atoms with Crippen LogP contribution in [0.3, 0.4) is 0 Å². The third kappa shape index (κ3) is 3.90. The quantitative estimate of drug-likeness (QED) is 0.869. The molecule has 0 aromatic heterocycles.